The van der Waals surface area contributed by atoms with Crippen LogP contribution in [-0.4, -0.2) is 33.5 Å². The van der Waals surface area contributed by atoms with Crippen molar-refractivity contribution in [2.75, 3.05) is 5.75 Å². The molecule has 0 aliphatic carbocycles. The SMILES string of the molecule is CCCn1c(SCCn2cccn2)nc2cc(S(N)(=O)=O)ccc21. The fourth-order valence-corrected chi connectivity index (χ4v) is 3.98. The van der Waals surface area contributed by atoms with Gasteiger partial charge in [0.05, 0.1) is 22.5 Å². The van der Waals surface area contributed by atoms with E-state index in [9.17, 15) is 8.42 Å². The van der Waals surface area contributed by atoms with Crippen molar-refractivity contribution < 1.29 is 8.42 Å². The summed E-state index contributed by atoms with van der Waals surface area (Å²) >= 11 is 1.63. The predicted molar refractivity (Wildman–Crippen MR) is 94.3 cm³/mol. The lowest BCUT2D eigenvalue weighted by Gasteiger charge is -2.07. The maximum Gasteiger partial charge on any atom is 0.238 e. The van der Waals surface area contributed by atoms with Gasteiger partial charge in [0.2, 0.25) is 10.0 Å². The van der Waals surface area contributed by atoms with Crippen LogP contribution in [0.15, 0.2) is 46.7 Å². The molecule has 0 saturated heterocycles. The highest BCUT2D eigenvalue weighted by molar-refractivity contribution is 7.99. The van der Waals surface area contributed by atoms with Gasteiger partial charge in [-0.05, 0) is 30.7 Å². The third kappa shape index (κ3) is 3.63. The summed E-state index contributed by atoms with van der Waals surface area (Å²) in [6.07, 6.45) is 4.65. The molecule has 0 spiro atoms. The molecule has 7 nitrogen and oxygen atoms in total. The van der Waals surface area contributed by atoms with Crippen LogP contribution in [0.5, 0.6) is 0 Å². The Morgan fingerprint density at radius 2 is 2.12 bits per heavy atom. The number of aryl methyl sites for hydroxylation is 2. The molecule has 0 atom stereocenters. The van der Waals surface area contributed by atoms with Crippen molar-refractivity contribution in [2.24, 2.45) is 5.14 Å². The van der Waals surface area contributed by atoms with Crippen LogP contribution in [0, 0.1) is 0 Å². The lowest BCUT2D eigenvalue weighted by molar-refractivity contribution is 0.598. The summed E-state index contributed by atoms with van der Waals surface area (Å²) in [5, 5.41) is 10.3. The number of aromatic nitrogens is 4. The standard InChI is InChI=1S/C15H19N5O2S2/c1-2-7-20-14-5-4-12(24(16,21)22)11-13(14)18-15(20)23-10-9-19-8-3-6-17-19/h3-6,8,11H,2,7,9-10H2,1H3,(H2,16,21,22). The largest absolute Gasteiger partial charge is 0.319 e. The van der Waals surface area contributed by atoms with Gasteiger partial charge in [0, 0.05) is 24.7 Å². The molecule has 0 amide bonds. The summed E-state index contributed by atoms with van der Waals surface area (Å²) in [6.45, 7) is 3.72. The molecule has 0 unspecified atom stereocenters. The number of thioether (sulfide) groups is 1. The van der Waals surface area contributed by atoms with E-state index in [-0.39, 0.29) is 4.90 Å². The topological polar surface area (TPSA) is 95.8 Å². The van der Waals surface area contributed by atoms with Gasteiger partial charge < -0.3 is 4.57 Å². The number of rotatable bonds is 7. The normalized spacial score (nSPS) is 12.1. The molecule has 2 heterocycles. The number of benzene rings is 1. The molecule has 2 aromatic heterocycles. The van der Waals surface area contributed by atoms with Gasteiger partial charge in [-0.2, -0.15) is 5.10 Å². The van der Waals surface area contributed by atoms with E-state index in [0.29, 0.717) is 5.52 Å². The number of hydrogen-bond acceptors (Lipinski definition) is 5. The molecule has 0 aliphatic rings. The lowest BCUT2D eigenvalue weighted by atomic mass is 10.3. The van der Waals surface area contributed by atoms with Crippen LogP contribution in [0.1, 0.15) is 13.3 Å². The van der Waals surface area contributed by atoms with E-state index in [2.05, 4.69) is 21.6 Å². The van der Waals surface area contributed by atoms with Gasteiger partial charge in [0.15, 0.2) is 5.16 Å². The Hall–Kier alpha value is -1.84. The van der Waals surface area contributed by atoms with E-state index >= 15 is 0 Å². The smallest absolute Gasteiger partial charge is 0.238 e. The van der Waals surface area contributed by atoms with Crippen LogP contribution in [0.3, 0.4) is 0 Å². The summed E-state index contributed by atoms with van der Waals surface area (Å²) in [4.78, 5) is 4.69. The Kier molecular flexibility index (Phi) is 4.93. The number of fused-ring (bicyclic) bond motifs is 1. The molecule has 9 heteroatoms. The number of imidazole rings is 1. The highest BCUT2D eigenvalue weighted by Gasteiger charge is 2.14. The number of primary sulfonamides is 1. The maximum atomic E-state index is 11.5. The first-order chi connectivity index (χ1) is 11.5. The minimum atomic E-state index is -3.72. The fraction of sp³-hybridized carbons (Fsp3) is 0.333. The molecule has 0 radical (unpaired) electrons. The van der Waals surface area contributed by atoms with Crippen LogP contribution < -0.4 is 5.14 Å². The van der Waals surface area contributed by atoms with Gasteiger partial charge in [-0.3, -0.25) is 4.68 Å². The van der Waals surface area contributed by atoms with Crippen molar-refractivity contribution in [1.29, 1.82) is 0 Å². The van der Waals surface area contributed by atoms with Crippen molar-refractivity contribution in [3.8, 4) is 0 Å². The Morgan fingerprint density at radius 3 is 2.79 bits per heavy atom. The summed E-state index contributed by atoms with van der Waals surface area (Å²) in [7, 11) is -3.72. The van der Waals surface area contributed by atoms with Gasteiger partial charge in [-0.25, -0.2) is 18.5 Å². The quantitative estimate of drug-likeness (QED) is 0.647. The Labute approximate surface area is 144 Å². The first-order valence-corrected chi connectivity index (χ1v) is 10.2. The average Bonchev–Trinajstić information content (AvgIpc) is 3.15. The fourth-order valence-electron chi connectivity index (χ4n) is 2.48. The monoisotopic (exact) mass is 365 g/mol. The molecular weight excluding hydrogens is 346 g/mol. The molecule has 128 valence electrons. The second-order valence-electron chi connectivity index (χ2n) is 5.36. The van der Waals surface area contributed by atoms with Crippen LogP contribution >= 0.6 is 11.8 Å². The summed E-state index contributed by atoms with van der Waals surface area (Å²) in [6, 6.07) is 6.74. The van der Waals surface area contributed by atoms with Crippen LogP contribution in [-0.2, 0) is 23.1 Å². The molecule has 0 bridgehead atoms. The number of nitrogens with two attached hydrogens (primary N) is 1. The van der Waals surface area contributed by atoms with Crippen molar-refractivity contribution in [2.45, 2.75) is 36.5 Å². The zero-order chi connectivity index (χ0) is 17.2. The molecular formula is C15H19N5O2S2. The number of nitrogens with zero attached hydrogens (tertiary/aromatic N) is 4. The zero-order valence-corrected chi connectivity index (χ0v) is 14.9. The highest BCUT2D eigenvalue weighted by atomic mass is 32.2. The van der Waals surface area contributed by atoms with Crippen LogP contribution in [0.2, 0.25) is 0 Å². The van der Waals surface area contributed by atoms with Gasteiger partial charge in [-0.15, -0.1) is 0 Å². The van der Waals surface area contributed by atoms with Gasteiger partial charge >= 0.3 is 0 Å². The molecule has 1 aromatic carbocycles. The first-order valence-electron chi connectivity index (χ1n) is 7.62. The van der Waals surface area contributed by atoms with Gasteiger partial charge in [-0.1, -0.05) is 18.7 Å². The molecule has 3 rings (SSSR count). The molecule has 0 aliphatic heterocycles. The van der Waals surface area contributed by atoms with Gasteiger partial charge in [0.1, 0.15) is 0 Å². The van der Waals surface area contributed by atoms with Gasteiger partial charge in [0.25, 0.3) is 0 Å². The number of sulfonamides is 1. The van der Waals surface area contributed by atoms with Crippen molar-refractivity contribution in [3.63, 3.8) is 0 Å². The predicted octanol–water partition coefficient (Wildman–Crippen LogP) is 2.08. The van der Waals surface area contributed by atoms with Crippen LogP contribution in [0.4, 0.5) is 0 Å². The molecule has 0 saturated carbocycles. The van der Waals surface area contributed by atoms with Crippen molar-refractivity contribution in [1.82, 2.24) is 19.3 Å². The Balaban J connectivity index is 1.89. The zero-order valence-electron chi connectivity index (χ0n) is 13.3. The summed E-state index contributed by atoms with van der Waals surface area (Å²) < 4.78 is 27.0. The van der Waals surface area contributed by atoms with E-state index in [1.807, 2.05) is 16.9 Å². The minimum absolute atomic E-state index is 0.0873. The highest BCUT2D eigenvalue weighted by Crippen LogP contribution is 2.26. The third-order valence-corrected chi connectivity index (χ3v) is 5.44. The van der Waals surface area contributed by atoms with E-state index in [4.69, 9.17) is 5.14 Å². The minimum Gasteiger partial charge on any atom is -0.319 e. The van der Waals surface area contributed by atoms with E-state index < -0.39 is 10.0 Å². The molecule has 0 fully saturated rings. The Bertz CT molecular complexity index is 932. The van der Waals surface area contributed by atoms with Crippen molar-refractivity contribution in [3.05, 3.63) is 36.7 Å². The van der Waals surface area contributed by atoms with E-state index in [0.717, 1.165) is 35.9 Å². The maximum absolute atomic E-state index is 11.5. The second kappa shape index (κ2) is 6.96. The first kappa shape index (κ1) is 17.0. The molecule has 3 aromatic rings. The van der Waals surface area contributed by atoms with E-state index in [1.165, 1.54) is 12.1 Å². The average molecular weight is 365 g/mol. The van der Waals surface area contributed by atoms with E-state index in [1.54, 1.807) is 24.0 Å². The lowest BCUT2D eigenvalue weighted by Crippen LogP contribution is -2.11. The van der Waals surface area contributed by atoms with Crippen LogP contribution in [0.25, 0.3) is 11.0 Å². The summed E-state index contributed by atoms with van der Waals surface area (Å²) in [5.41, 5.74) is 1.57. The molecule has 2 N–H and O–H groups in total. The molecule has 24 heavy (non-hydrogen) atoms. The second-order valence-corrected chi connectivity index (χ2v) is 7.98. The number of hydrogen-bond donors (Lipinski definition) is 1. The summed E-state index contributed by atoms with van der Waals surface area (Å²) in [5.74, 6) is 0.830. The third-order valence-electron chi connectivity index (χ3n) is 3.57. The Morgan fingerprint density at radius 1 is 1.29 bits per heavy atom. The van der Waals surface area contributed by atoms with Crippen molar-refractivity contribution >= 4 is 32.8 Å².